The van der Waals surface area contributed by atoms with E-state index >= 15 is 0 Å². The number of aliphatic hydroxyl groups excluding tert-OH is 3. The number of nitrogens with zero attached hydrogens (tertiary/aromatic N) is 4. The molecule has 0 spiro atoms. The summed E-state index contributed by atoms with van der Waals surface area (Å²) in [4.78, 5) is 105. The molecule has 4 fully saturated rings. The van der Waals surface area contributed by atoms with Crippen molar-refractivity contribution in [2.45, 2.75) is 145 Å². The zero-order valence-corrected chi connectivity index (χ0v) is 74.6. The average Bonchev–Trinajstić information content (AvgIpc) is 1.18. The third kappa shape index (κ3) is 18.6. The first-order valence-electron chi connectivity index (χ1n) is 38.6. The number of carbonyl (C=O) groups excluding carboxylic acids is 6. The van der Waals surface area contributed by atoms with Crippen LogP contribution in [0.3, 0.4) is 0 Å². The first-order chi connectivity index (χ1) is 56.6. The third-order valence-electron chi connectivity index (χ3n) is 22.0. The lowest BCUT2D eigenvalue weighted by molar-refractivity contribution is -0.134. The van der Waals surface area contributed by atoms with Crippen LogP contribution in [0.1, 0.15) is 108 Å². The van der Waals surface area contributed by atoms with E-state index in [1.807, 2.05) is 254 Å². The Morgan fingerprint density at radius 2 is 0.754 bits per heavy atom. The minimum Gasteiger partial charge on any atom is -0.394 e. The highest BCUT2D eigenvalue weighted by atomic mass is 79.9. The number of aryl methyl sites for hydroxylation is 3. The van der Waals surface area contributed by atoms with Crippen LogP contribution in [0, 0.1) is 20.8 Å². The molecule has 9 atom stereocenters. The molecule has 12 aromatic rings. The molecule has 7 heterocycles. The van der Waals surface area contributed by atoms with Gasteiger partial charge in [-0.1, -0.05) is 190 Å². The summed E-state index contributed by atoms with van der Waals surface area (Å²) in [5.41, 5.74) is 11.3. The van der Waals surface area contributed by atoms with Gasteiger partial charge in [0, 0.05) is 156 Å². The molecule has 6 amide bonds. The van der Waals surface area contributed by atoms with E-state index in [2.05, 4.69) is 73.4 Å². The summed E-state index contributed by atoms with van der Waals surface area (Å²) in [7, 11) is 0. The number of H-pyrrole nitrogens is 3. The molecule has 0 radical (unpaired) electrons. The Morgan fingerprint density at radius 1 is 0.458 bits per heavy atom. The van der Waals surface area contributed by atoms with Gasteiger partial charge in [-0.05, 0) is 167 Å². The van der Waals surface area contributed by atoms with E-state index in [1.54, 1.807) is 18.7 Å². The smallest absolute Gasteiger partial charge is 0.242 e. The summed E-state index contributed by atoms with van der Waals surface area (Å²) in [6, 6.07) is 61.8. The molecule has 3 aromatic heterocycles. The van der Waals surface area contributed by atoms with E-state index in [0.717, 1.165) is 111 Å². The number of halogens is 6. The highest BCUT2D eigenvalue weighted by molar-refractivity contribution is 9.11. The molecule has 0 unspecified atom stereocenters. The molecule has 0 bridgehead atoms. The Labute approximate surface area is 737 Å². The van der Waals surface area contributed by atoms with Gasteiger partial charge in [-0.25, -0.2) is 0 Å². The number of carbonyl (C=O) groups is 6. The number of rotatable bonds is 22. The Morgan fingerprint density at radius 3 is 1.05 bits per heavy atom. The Hall–Kier alpha value is -8.34. The molecule has 9 aromatic carbocycles. The second kappa shape index (κ2) is 36.9. The summed E-state index contributed by atoms with van der Waals surface area (Å²) in [6.07, 6.45) is 5.72. The van der Waals surface area contributed by atoms with Crippen LogP contribution in [0.25, 0.3) is 32.7 Å². The molecule has 610 valence electrons. The van der Waals surface area contributed by atoms with Crippen LogP contribution in [0.15, 0.2) is 247 Å². The fourth-order valence-corrected chi connectivity index (χ4v) is 21.7. The minimum absolute atomic E-state index is 0.0109. The lowest BCUT2D eigenvalue weighted by Crippen LogP contribution is -2.51. The summed E-state index contributed by atoms with van der Waals surface area (Å²) in [5, 5.41) is 40.3. The van der Waals surface area contributed by atoms with Gasteiger partial charge < -0.3 is 60.5 Å². The minimum atomic E-state index is -1.19. The third-order valence-corrected chi connectivity index (χ3v) is 28.6. The second-order valence-corrected chi connectivity index (χ2v) is 39.0. The normalized spacial score (nSPS) is 21.0. The summed E-state index contributed by atoms with van der Waals surface area (Å²) >= 11 is 33.6. The number of benzene rings is 9. The van der Waals surface area contributed by atoms with Crippen LogP contribution in [0.5, 0.6) is 0 Å². The van der Waals surface area contributed by atoms with Gasteiger partial charge >= 0.3 is 0 Å². The molecule has 16 rings (SSSR count). The van der Waals surface area contributed by atoms with Crippen molar-refractivity contribution in [3.05, 3.63) is 297 Å². The predicted molar refractivity (Wildman–Crippen MR) is 482 cm³/mol. The van der Waals surface area contributed by atoms with Gasteiger partial charge in [0.05, 0.1) is 56.7 Å². The highest BCUT2D eigenvalue weighted by Crippen LogP contribution is 2.59. The van der Waals surface area contributed by atoms with Crippen molar-refractivity contribution >= 4 is 186 Å². The Kier molecular flexibility index (Phi) is 26.9. The molecule has 118 heavy (non-hydrogen) atoms. The number of fused-ring (bicyclic) bond motifs is 3. The van der Waals surface area contributed by atoms with E-state index in [0.29, 0.717) is 47.7 Å². The van der Waals surface area contributed by atoms with Crippen molar-refractivity contribution in [1.82, 2.24) is 45.2 Å². The number of thioether (sulfide) groups is 3. The molecule has 4 saturated heterocycles. The van der Waals surface area contributed by atoms with Crippen molar-refractivity contribution in [1.29, 1.82) is 0 Å². The first-order valence-corrected chi connectivity index (χ1v) is 44.6. The SMILES string of the molecule is Cc1ccc(S[C@@]2(C(=O)N3CC[C@H](O)C3)CC(=O)N(Cc3ccc(Br)cc3)[C@H]2c2c[nH]c3cc(Cl)ccc23)cc1.Cc1ccc(S[C@@]2(C(=O)N[C@@H](C)CO)CC(=O)N(Cc3ccc(Br)cc3)[C@H]2c2c[nH]c3cc(Cl)ccc23)cc1.Cc1ccc(S[C@@]2(C(=O)N[C@H](C)CO)CC(=O)N(Cc3ccc(Br)cc3)[C@H]2c2c[nH]c3cc(Cl)ccc23)cc1. The highest BCUT2D eigenvalue weighted by Gasteiger charge is 2.62. The lowest BCUT2D eigenvalue weighted by atomic mass is 9.90. The monoisotopic (exact) mass is 1890 g/mol. The molecular weight excluding hydrogens is 1810 g/mol. The van der Waals surface area contributed by atoms with E-state index in [9.17, 15) is 44.1 Å². The summed E-state index contributed by atoms with van der Waals surface area (Å²) in [6.45, 7) is 10.9. The molecule has 0 saturated carbocycles. The van der Waals surface area contributed by atoms with Crippen LogP contribution in [0.4, 0.5) is 0 Å². The van der Waals surface area contributed by atoms with E-state index in [1.165, 1.54) is 35.3 Å². The molecule has 8 N–H and O–H groups in total. The quantitative estimate of drug-likeness (QED) is 0.0316. The average molecular weight is 1890 g/mol. The number of hydrogen-bond acceptors (Lipinski definition) is 12. The van der Waals surface area contributed by atoms with Crippen LogP contribution in [-0.2, 0) is 48.4 Å². The van der Waals surface area contributed by atoms with Crippen molar-refractivity contribution in [2.75, 3.05) is 26.3 Å². The zero-order valence-electron chi connectivity index (χ0n) is 65.1. The van der Waals surface area contributed by atoms with Crippen molar-refractivity contribution < 1.29 is 44.1 Å². The molecule has 4 aliphatic heterocycles. The van der Waals surface area contributed by atoms with Crippen molar-refractivity contribution in [3.63, 3.8) is 0 Å². The van der Waals surface area contributed by atoms with Crippen LogP contribution in [-0.4, -0.2) is 144 Å². The van der Waals surface area contributed by atoms with Crippen molar-refractivity contribution in [2.24, 2.45) is 0 Å². The van der Waals surface area contributed by atoms with Crippen LogP contribution in [0.2, 0.25) is 15.1 Å². The van der Waals surface area contributed by atoms with E-state index < -0.39 is 50.6 Å². The number of aromatic amines is 3. The van der Waals surface area contributed by atoms with Crippen LogP contribution >= 0.6 is 118 Å². The number of amides is 6. The number of likely N-dealkylation sites (tertiary alicyclic amines) is 4. The maximum Gasteiger partial charge on any atom is 0.242 e. The largest absolute Gasteiger partial charge is 0.394 e. The number of aliphatic hydroxyl groups is 3. The summed E-state index contributed by atoms with van der Waals surface area (Å²) < 4.78 is -0.669. The Bertz CT molecular complexity index is 5460. The zero-order chi connectivity index (χ0) is 83.5. The molecular formula is C91H87Br3Cl3N9O9S3. The van der Waals surface area contributed by atoms with Gasteiger partial charge in [-0.2, -0.15) is 0 Å². The van der Waals surface area contributed by atoms with Gasteiger partial charge in [-0.15, -0.1) is 35.3 Å². The number of hydrogen-bond donors (Lipinski definition) is 8. The van der Waals surface area contributed by atoms with E-state index in [-0.39, 0.29) is 74.5 Å². The second-order valence-electron chi connectivity index (χ2n) is 30.7. The molecule has 27 heteroatoms. The topological polar surface area (TPSA) is 248 Å². The van der Waals surface area contributed by atoms with Gasteiger partial charge in [0.25, 0.3) is 0 Å². The van der Waals surface area contributed by atoms with E-state index in [4.69, 9.17) is 34.8 Å². The van der Waals surface area contributed by atoms with Gasteiger partial charge in [0.1, 0.15) is 14.2 Å². The lowest BCUT2D eigenvalue weighted by Gasteiger charge is -2.38. The van der Waals surface area contributed by atoms with Gasteiger partial charge in [0.15, 0.2) is 0 Å². The maximum atomic E-state index is 14.6. The predicted octanol–water partition coefficient (Wildman–Crippen LogP) is 19.3. The van der Waals surface area contributed by atoms with Crippen molar-refractivity contribution in [3.8, 4) is 0 Å². The fourth-order valence-electron chi connectivity index (χ4n) is 16.1. The van der Waals surface area contributed by atoms with Crippen LogP contribution < -0.4 is 10.6 Å². The number of nitrogens with one attached hydrogen (secondary N) is 5. The molecule has 4 aliphatic rings. The molecule has 18 nitrogen and oxygen atoms in total. The number of β-amino-alcohol motifs (C(OH)–C–C–N with tert-alkyl or cyclic N) is 1. The maximum absolute atomic E-state index is 14.6. The Balaban J connectivity index is 0.000000145. The van der Waals surface area contributed by atoms with Gasteiger partial charge in [0.2, 0.25) is 35.4 Å². The van der Waals surface area contributed by atoms with Gasteiger partial charge in [-0.3, -0.25) is 28.8 Å². The standard InChI is InChI=1S/C31H29BrClN3O3S.2C30H29BrClN3O3S/c1-19-2-9-24(10-3-19)40-31(30(39)35-13-12-23(37)18-35)15-28(38)36(17-20-4-6-21(32)7-5-20)29(31)26-16-34-27-14-22(33)8-11-25(26)27;2*1-18-3-10-23(11-4-18)39-30(29(38)34-19(2)17-36)14-27(37)35(16-20-5-7-21(31)8-6-20)28(30)25-15-33-26-13-22(32)9-12-24(25)26/h2-11,14,16,23,29,34,37H,12-13,15,17-18H2,1H3;2*3-13,15,19,28,33,36H,14,16-17H2,1-2H3,(H,34,38)/t23-,29-,31-;19-,28+,30+;19-,28-,30-/m010/s1. The molecule has 0 aliphatic carbocycles. The fraction of sp³-hybridized carbons (Fsp3) is 0.275. The summed E-state index contributed by atoms with van der Waals surface area (Å²) in [5.74, 6) is -0.988. The first kappa shape index (κ1) is 86.1. The number of aromatic nitrogens is 3.